The van der Waals surface area contributed by atoms with Crippen molar-refractivity contribution in [2.75, 3.05) is 0 Å². The Morgan fingerprint density at radius 3 is 2.10 bits per heavy atom. The van der Waals surface area contributed by atoms with Crippen LogP contribution in [-0.2, 0) is 38.4 Å². The lowest BCUT2D eigenvalue weighted by Crippen LogP contribution is -2.59. The average molecular weight is 579 g/mol. The molecule has 42 heavy (non-hydrogen) atoms. The van der Waals surface area contributed by atoms with E-state index in [-0.39, 0.29) is 30.9 Å². The number of aromatic nitrogens is 2. The van der Waals surface area contributed by atoms with Crippen molar-refractivity contribution in [1.82, 2.24) is 25.9 Å². The van der Waals surface area contributed by atoms with Crippen molar-refractivity contribution in [2.45, 2.75) is 63.7 Å². The standard InChI is InChI=1S/C30H38N6O6/c1-3-18(2)26(36-27(38)23(31)13-19-7-5-4-6-8-19)29(40)34-24(14-20-9-11-22(37)12-10-20)28(39)35-25(30(41)42)15-21-16-32-17-33-21/h4-12,16-18,23-26,37H,3,13-15,31H2,1-2H3,(H,32,33)(H,34,40)(H,35,39)(H,36,38)(H,41,42). The van der Waals surface area contributed by atoms with Gasteiger partial charge in [-0.25, -0.2) is 9.78 Å². The van der Waals surface area contributed by atoms with E-state index in [0.717, 1.165) is 5.56 Å². The number of rotatable bonds is 15. The summed E-state index contributed by atoms with van der Waals surface area (Å²) in [6, 6.07) is 11.0. The molecule has 0 radical (unpaired) electrons. The van der Waals surface area contributed by atoms with E-state index in [1.165, 1.54) is 24.7 Å². The molecule has 5 atom stereocenters. The number of aromatic amines is 1. The van der Waals surface area contributed by atoms with Crippen molar-refractivity contribution >= 4 is 23.7 Å². The van der Waals surface area contributed by atoms with E-state index in [1.807, 2.05) is 37.3 Å². The van der Waals surface area contributed by atoms with Gasteiger partial charge in [0.25, 0.3) is 0 Å². The van der Waals surface area contributed by atoms with Crippen LogP contribution in [0.3, 0.4) is 0 Å². The molecule has 0 spiro atoms. The number of benzene rings is 2. The largest absolute Gasteiger partial charge is 0.508 e. The molecular formula is C30H38N6O6. The summed E-state index contributed by atoms with van der Waals surface area (Å²) in [5.74, 6) is -3.38. The number of phenols is 1. The molecule has 0 aliphatic carbocycles. The van der Waals surface area contributed by atoms with Gasteiger partial charge in [-0.1, -0.05) is 62.7 Å². The van der Waals surface area contributed by atoms with E-state index in [9.17, 15) is 29.4 Å². The lowest BCUT2D eigenvalue weighted by Gasteiger charge is -2.28. The highest BCUT2D eigenvalue weighted by Gasteiger charge is 2.33. The summed E-state index contributed by atoms with van der Waals surface area (Å²) in [6.45, 7) is 3.67. The van der Waals surface area contributed by atoms with Crippen LogP contribution in [0.5, 0.6) is 5.75 Å². The van der Waals surface area contributed by atoms with Gasteiger partial charge in [-0.05, 0) is 35.6 Å². The number of phenolic OH excluding ortho intramolecular Hbond substituents is 1. The number of aliphatic carboxylic acids is 1. The molecule has 0 saturated carbocycles. The van der Waals surface area contributed by atoms with Crippen LogP contribution in [0.15, 0.2) is 67.1 Å². The fourth-order valence-electron chi connectivity index (χ4n) is 4.35. The molecule has 0 aliphatic rings. The van der Waals surface area contributed by atoms with E-state index in [0.29, 0.717) is 17.7 Å². The molecule has 0 fully saturated rings. The Morgan fingerprint density at radius 1 is 0.857 bits per heavy atom. The maximum Gasteiger partial charge on any atom is 0.326 e. The van der Waals surface area contributed by atoms with Crippen LogP contribution in [0.25, 0.3) is 0 Å². The van der Waals surface area contributed by atoms with Gasteiger partial charge in [-0.2, -0.15) is 0 Å². The molecule has 3 aromatic rings. The SMILES string of the molecule is CCC(C)C(NC(=O)C(N)Cc1ccccc1)C(=O)NC(Cc1ccc(O)cc1)C(=O)NC(Cc1cnc[nH]1)C(=O)O. The van der Waals surface area contributed by atoms with Gasteiger partial charge in [-0.15, -0.1) is 0 Å². The Kier molecular flexibility index (Phi) is 11.6. The van der Waals surface area contributed by atoms with Gasteiger partial charge in [0, 0.05) is 24.7 Å². The third kappa shape index (κ3) is 9.44. The Morgan fingerprint density at radius 2 is 1.50 bits per heavy atom. The highest BCUT2D eigenvalue weighted by Crippen LogP contribution is 2.14. The van der Waals surface area contributed by atoms with Crippen molar-refractivity contribution in [3.8, 4) is 5.75 Å². The second-order valence-electron chi connectivity index (χ2n) is 10.3. The molecule has 1 heterocycles. The molecule has 5 unspecified atom stereocenters. The van der Waals surface area contributed by atoms with Gasteiger partial charge in [-0.3, -0.25) is 14.4 Å². The van der Waals surface area contributed by atoms with Crippen molar-refractivity contribution in [2.24, 2.45) is 11.7 Å². The Bertz CT molecular complexity index is 1320. The number of carbonyl (C=O) groups is 4. The number of hydrogen-bond acceptors (Lipinski definition) is 7. The first-order valence-corrected chi connectivity index (χ1v) is 13.8. The summed E-state index contributed by atoms with van der Waals surface area (Å²) in [6.07, 6.45) is 3.64. The average Bonchev–Trinajstić information content (AvgIpc) is 3.49. The Hall–Kier alpha value is -4.71. The molecule has 2 aromatic carbocycles. The van der Waals surface area contributed by atoms with E-state index >= 15 is 0 Å². The second kappa shape index (κ2) is 15.3. The lowest BCUT2D eigenvalue weighted by atomic mass is 9.96. The molecule has 0 saturated heterocycles. The van der Waals surface area contributed by atoms with Crippen LogP contribution in [0.4, 0.5) is 0 Å². The number of carboxylic acid groups (broad SMARTS) is 1. The number of nitrogens with zero attached hydrogens (tertiary/aromatic N) is 1. The lowest BCUT2D eigenvalue weighted by molar-refractivity contribution is -0.142. The number of amides is 3. The van der Waals surface area contributed by atoms with Crippen molar-refractivity contribution in [3.63, 3.8) is 0 Å². The fraction of sp³-hybridized carbons (Fsp3) is 0.367. The zero-order valence-electron chi connectivity index (χ0n) is 23.6. The van der Waals surface area contributed by atoms with E-state index in [1.54, 1.807) is 19.1 Å². The summed E-state index contributed by atoms with van der Waals surface area (Å²) >= 11 is 0. The second-order valence-corrected chi connectivity index (χ2v) is 10.3. The van der Waals surface area contributed by atoms with Gasteiger partial charge in [0.05, 0.1) is 12.4 Å². The van der Waals surface area contributed by atoms with Crippen LogP contribution in [0, 0.1) is 5.92 Å². The minimum absolute atomic E-state index is 0.00292. The van der Waals surface area contributed by atoms with Gasteiger partial charge < -0.3 is 36.9 Å². The van der Waals surface area contributed by atoms with E-state index in [2.05, 4.69) is 25.9 Å². The third-order valence-electron chi connectivity index (χ3n) is 7.03. The third-order valence-corrected chi connectivity index (χ3v) is 7.03. The minimum atomic E-state index is -1.29. The molecule has 12 heteroatoms. The zero-order chi connectivity index (χ0) is 30.6. The van der Waals surface area contributed by atoms with Gasteiger partial charge in [0.15, 0.2) is 0 Å². The Balaban J connectivity index is 1.78. The fourth-order valence-corrected chi connectivity index (χ4v) is 4.35. The Labute approximate surface area is 244 Å². The molecule has 224 valence electrons. The van der Waals surface area contributed by atoms with Gasteiger partial charge in [0.1, 0.15) is 23.9 Å². The normalized spacial score (nSPS) is 14.5. The highest BCUT2D eigenvalue weighted by molar-refractivity contribution is 5.94. The summed E-state index contributed by atoms with van der Waals surface area (Å²) < 4.78 is 0. The summed E-state index contributed by atoms with van der Waals surface area (Å²) in [4.78, 5) is 58.6. The first-order valence-electron chi connectivity index (χ1n) is 13.8. The highest BCUT2D eigenvalue weighted by atomic mass is 16.4. The number of carbonyl (C=O) groups excluding carboxylic acids is 3. The minimum Gasteiger partial charge on any atom is -0.508 e. The molecule has 12 nitrogen and oxygen atoms in total. The number of imidazole rings is 1. The molecule has 8 N–H and O–H groups in total. The quantitative estimate of drug-likeness (QED) is 0.139. The zero-order valence-corrected chi connectivity index (χ0v) is 23.6. The maximum absolute atomic E-state index is 13.6. The number of aromatic hydroxyl groups is 1. The first kappa shape index (κ1) is 31.8. The number of nitrogens with one attached hydrogen (secondary N) is 4. The van der Waals surface area contributed by atoms with Crippen LogP contribution in [0.2, 0.25) is 0 Å². The molecular weight excluding hydrogens is 540 g/mol. The molecule has 0 aliphatic heterocycles. The number of nitrogens with two attached hydrogens (primary N) is 1. The van der Waals surface area contributed by atoms with Crippen LogP contribution in [-0.4, -0.2) is 68.0 Å². The summed E-state index contributed by atoms with van der Waals surface area (Å²) in [5.41, 5.74) is 8.15. The predicted molar refractivity (Wildman–Crippen MR) is 155 cm³/mol. The number of H-pyrrole nitrogens is 1. The first-order chi connectivity index (χ1) is 20.1. The molecule has 0 bridgehead atoms. The smallest absolute Gasteiger partial charge is 0.326 e. The van der Waals surface area contributed by atoms with Crippen molar-refractivity contribution in [1.29, 1.82) is 0 Å². The monoisotopic (exact) mass is 578 g/mol. The molecule has 1 aromatic heterocycles. The predicted octanol–water partition coefficient (Wildman–Crippen LogP) is 1.06. The topological polar surface area (TPSA) is 200 Å². The van der Waals surface area contributed by atoms with Gasteiger partial charge >= 0.3 is 5.97 Å². The van der Waals surface area contributed by atoms with E-state index < -0.39 is 47.9 Å². The van der Waals surface area contributed by atoms with Crippen molar-refractivity contribution < 1.29 is 29.4 Å². The number of carboxylic acids is 1. The number of hydrogen-bond donors (Lipinski definition) is 7. The molecule has 3 amide bonds. The van der Waals surface area contributed by atoms with Crippen LogP contribution >= 0.6 is 0 Å². The van der Waals surface area contributed by atoms with Gasteiger partial charge in [0.2, 0.25) is 17.7 Å². The van der Waals surface area contributed by atoms with Crippen molar-refractivity contribution in [3.05, 3.63) is 83.9 Å². The summed E-state index contributed by atoms with van der Waals surface area (Å²) in [7, 11) is 0. The van der Waals surface area contributed by atoms with Crippen LogP contribution in [0.1, 0.15) is 37.1 Å². The van der Waals surface area contributed by atoms with Crippen LogP contribution < -0.4 is 21.7 Å². The summed E-state index contributed by atoms with van der Waals surface area (Å²) in [5, 5.41) is 27.3. The maximum atomic E-state index is 13.6. The molecule has 3 rings (SSSR count). The van der Waals surface area contributed by atoms with E-state index in [4.69, 9.17) is 5.73 Å².